The number of nitrogens with two attached hydrogens (primary N) is 1. The lowest BCUT2D eigenvalue weighted by Gasteiger charge is -2.05. The van der Waals surface area contributed by atoms with E-state index >= 15 is 0 Å². The van der Waals surface area contributed by atoms with Gasteiger partial charge < -0.3 is 10.8 Å². The van der Waals surface area contributed by atoms with Gasteiger partial charge in [0.2, 0.25) is 0 Å². The molecule has 0 spiro atoms. The van der Waals surface area contributed by atoms with Crippen LogP contribution in [-0.4, -0.2) is 21.6 Å². The van der Waals surface area contributed by atoms with Crippen molar-refractivity contribution in [1.29, 1.82) is 0 Å². The van der Waals surface area contributed by atoms with Crippen molar-refractivity contribution in [3.63, 3.8) is 0 Å². The highest BCUT2D eigenvalue weighted by Gasteiger charge is 2.09. The van der Waals surface area contributed by atoms with E-state index in [1.807, 2.05) is 0 Å². The van der Waals surface area contributed by atoms with E-state index in [1.54, 1.807) is 0 Å². The van der Waals surface area contributed by atoms with Gasteiger partial charge in [0.05, 0.1) is 23.3 Å². The first-order chi connectivity index (χ1) is 6.15. The van der Waals surface area contributed by atoms with E-state index in [0.717, 1.165) is 6.20 Å². The van der Waals surface area contributed by atoms with Crippen molar-refractivity contribution in [1.82, 2.24) is 4.98 Å². The second kappa shape index (κ2) is 3.92. The summed E-state index contributed by atoms with van der Waals surface area (Å²) < 4.78 is 0. The van der Waals surface area contributed by atoms with Crippen LogP contribution < -0.4 is 5.73 Å². The summed E-state index contributed by atoms with van der Waals surface area (Å²) in [6.45, 7) is -0.231. The van der Waals surface area contributed by atoms with Crippen molar-refractivity contribution >= 4 is 5.69 Å². The smallest absolute Gasteiger partial charge is 0.287 e. The maximum absolute atomic E-state index is 10.2. The molecule has 0 aliphatic carbocycles. The summed E-state index contributed by atoms with van der Waals surface area (Å²) in [7, 11) is 0. The number of rotatable bonds is 3. The maximum Gasteiger partial charge on any atom is 0.287 e. The van der Waals surface area contributed by atoms with Gasteiger partial charge in [-0.3, -0.25) is 15.1 Å². The van der Waals surface area contributed by atoms with Gasteiger partial charge in [-0.05, 0) is 6.07 Å². The predicted molar refractivity (Wildman–Crippen MR) is 44.9 cm³/mol. The maximum atomic E-state index is 10.2. The summed E-state index contributed by atoms with van der Waals surface area (Å²) in [6.07, 6.45) is 1.12. The predicted octanol–water partition coefficient (Wildman–Crippen LogP) is -0.0181. The molecule has 0 saturated carbocycles. The van der Waals surface area contributed by atoms with Crippen molar-refractivity contribution < 1.29 is 10.0 Å². The lowest BCUT2D eigenvalue weighted by atomic mass is 10.2. The molecule has 6 heteroatoms. The third kappa shape index (κ3) is 2.20. The highest BCUT2D eigenvalue weighted by molar-refractivity contribution is 5.27. The van der Waals surface area contributed by atoms with Crippen LogP contribution in [0.25, 0.3) is 0 Å². The summed E-state index contributed by atoms with van der Waals surface area (Å²) in [6, 6.07) is 2.15. The minimum absolute atomic E-state index is 0.0890. The summed E-state index contributed by atoms with van der Waals surface area (Å²) in [5.74, 6) is 0. The Morgan fingerprint density at radius 2 is 2.38 bits per heavy atom. The molecule has 0 saturated heterocycles. The molecule has 70 valence electrons. The van der Waals surface area contributed by atoms with Gasteiger partial charge >= 0.3 is 0 Å². The molecule has 0 radical (unpaired) electrons. The molecule has 0 aromatic carbocycles. The number of aliphatic hydroxyl groups excluding tert-OH is 1. The highest BCUT2D eigenvalue weighted by Crippen LogP contribution is 2.12. The molecule has 1 unspecified atom stereocenters. The molecular weight excluding hydrogens is 174 g/mol. The second-order valence-electron chi connectivity index (χ2n) is 2.49. The zero-order chi connectivity index (χ0) is 9.84. The number of hydrogen-bond donors (Lipinski definition) is 2. The molecule has 1 aromatic rings. The minimum Gasteiger partial charge on any atom is -0.394 e. The molecular formula is C7H9N3O3. The van der Waals surface area contributed by atoms with Crippen molar-refractivity contribution in [2.24, 2.45) is 5.73 Å². The molecule has 1 rings (SSSR count). The normalized spacial score (nSPS) is 12.5. The van der Waals surface area contributed by atoms with E-state index in [9.17, 15) is 10.1 Å². The van der Waals surface area contributed by atoms with Crippen LogP contribution in [0.3, 0.4) is 0 Å². The quantitative estimate of drug-likeness (QED) is 0.506. The van der Waals surface area contributed by atoms with Crippen molar-refractivity contribution in [3.8, 4) is 0 Å². The Balaban J connectivity index is 2.87. The second-order valence-corrected chi connectivity index (χ2v) is 2.49. The van der Waals surface area contributed by atoms with Gasteiger partial charge in [-0.15, -0.1) is 0 Å². The van der Waals surface area contributed by atoms with Gasteiger partial charge in [-0.1, -0.05) is 0 Å². The topological polar surface area (TPSA) is 102 Å². The van der Waals surface area contributed by atoms with Crippen LogP contribution in [0, 0.1) is 10.1 Å². The fourth-order valence-electron chi connectivity index (χ4n) is 0.818. The van der Waals surface area contributed by atoms with Gasteiger partial charge in [0.25, 0.3) is 5.69 Å². The van der Waals surface area contributed by atoms with Crippen LogP contribution in [0.15, 0.2) is 18.3 Å². The van der Waals surface area contributed by atoms with Gasteiger partial charge in [0.1, 0.15) is 6.20 Å². The molecule has 13 heavy (non-hydrogen) atoms. The third-order valence-corrected chi connectivity index (χ3v) is 1.56. The molecule has 0 aliphatic heterocycles. The Morgan fingerprint density at radius 1 is 1.69 bits per heavy atom. The van der Waals surface area contributed by atoms with Crippen molar-refractivity contribution in [2.45, 2.75) is 6.04 Å². The molecule has 1 heterocycles. The summed E-state index contributed by atoms with van der Waals surface area (Å²) >= 11 is 0. The standard InChI is InChI=1S/C7H9N3O3/c8-6(4-11)7-2-1-5(3-9-7)10(12)13/h1-3,6,11H,4,8H2. The molecule has 0 bridgehead atoms. The van der Waals surface area contributed by atoms with Crippen LogP contribution in [-0.2, 0) is 0 Å². The molecule has 0 aliphatic rings. The molecule has 1 atom stereocenters. The Labute approximate surface area is 74.2 Å². The van der Waals surface area contributed by atoms with E-state index < -0.39 is 11.0 Å². The lowest BCUT2D eigenvalue weighted by Crippen LogP contribution is -2.15. The van der Waals surface area contributed by atoms with Crippen molar-refractivity contribution in [2.75, 3.05) is 6.61 Å². The number of nitro groups is 1. The van der Waals surface area contributed by atoms with Crippen LogP contribution in [0.2, 0.25) is 0 Å². The van der Waals surface area contributed by atoms with E-state index in [4.69, 9.17) is 10.8 Å². The van der Waals surface area contributed by atoms with Gasteiger partial charge in [-0.25, -0.2) is 0 Å². The van der Waals surface area contributed by atoms with E-state index in [-0.39, 0.29) is 12.3 Å². The number of hydrogen-bond acceptors (Lipinski definition) is 5. The largest absolute Gasteiger partial charge is 0.394 e. The van der Waals surface area contributed by atoms with Gasteiger partial charge in [0, 0.05) is 6.07 Å². The number of nitrogens with zero attached hydrogens (tertiary/aromatic N) is 2. The summed E-state index contributed by atoms with van der Waals surface area (Å²) in [5.41, 5.74) is 5.79. The Bertz CT molecular complexity index is 298. The summed E-state index contributed by atoms with van der Waals surface area (Å²) in [5, 5.41) is 18.9. The first-order valence-corrected chi connectivity index (χ1v) is 3.62. The van der Waals surface area contributed by atoms with Gasteiger partial charge in [0.15, 0.2) is 0 Å². The Hall–Kier alpha value is -1.53. The molecule has 3 N–H and O–H groups in total. The molecule has 0 fully saturated rings. The monoisotopic (exact) mass is 183 g/mol. The number of pyridine rings is 1. The molecule has 0 amide bonds. The average molecular weight is 183 g/mol. The fourth-order valence-corrected chi connectivity index (χ4v) is 0.818. The average Bonchev–Trinajstić information content (AvgIpc) is 2.17. The zero-order valence-electron chi connectivity index (χ0n) is 6.75. The Kier molecular flexibility index (Phi) is 2.88. The Morgan fingerprint density at radius 3 is 2.77 bits per heavy atom. The van der Waals surface area contributed by atoms with E-state index in [0.29, 0.717) is 5.69 Å². The van der Waals surface area contributed by atoms with Crippen LogP contribution in [0.1, 0.15) is 11.7 Å². The van der Waals surface area contributed by atoms with Crippen LogP contribution >= 0.6 is 0 Å². The van der Waals surface area contributed by atoms with Crippen LogP contribution in [0.4, 0.5) is 5.69 Å². The summed E-state index contributed by atoms with van der Waals surface area (Å²) in [4.78, 5) is 13.4. The first-order valence-electron chi connectivity index (χ1n) is 3.62. The molecule has 1 aromatic heterocycles. The zero-order valence-corrected chi connectivity index (χ0v) is 6.75. The first kappa shape index (κ1) is 9.56. The number of aliphatic hydroxyl groups is 1. The SMILES string of the molecule is NC(CO)c1ccc([N+](=O)[O-])cn1. The lowest BCUT2D eigenvalue weighted by molar-refractivity contribution is -0.385. The van der Waals surface area contributed by atoms with Crippen LogP contribution in [0.5, 0.6) is 0 Å². The van der Waals surface area contributed by atoms with Gasteiger partial charge in [-0.2, -0.15) is 0 Å². The number of aromatic nitrogens is 1. The van der Waals surface area contributed by atoms with E-state index in [2.05, 4.69) is 4.98 Å². The third-order valence-electron chi connectivity index (χ3n) is 1.56. The molecule has 6 nitrogen and oxygen atoms in total. The van der Waals surface area contributed by atoms with E-state index in [1.165, 1.54) is 12.1 Å². The fraction of sp³-hybridized carbons (Fsp3) is 0.286. The van der Waals surface area contributed by atoms with Crippen molar-refractivity contribution in [3.05, 3.63) is 34.1 Å². The minimum atomic E-state index is -0.583. The highest BCUT2D eigenvalue weighted by atomic mass is 16.6.